The Morgan fingerprint density at radius 2 is 1.81 bits per heavy atom. The summed E-state index contributed by atoms with van der Waals surface area (Å²) in [5.74, 6) is -0.126. The van der Waals surface area contributed by atoms with E-state index in [1.54, 1.807) is 23.5 Å². The van der Waals surface area contributed by atoms with E-state index < -0.39 is 0 Å². The first-order chi connectivity index (χ1) is 15.6. The molecule has 2 aliphatic heterocycles. The lowest BCUT2D eigenvalue weighted by Crippen LogP contribution is -2.48. The summed E-state index contributed by atoms with van der Waals surface area (Å²) in [7, 11) is 0. The Balaban J connectivity index is 1.18. The Morgan fingerprint density at radius 1 is 1.00 bits per heavy atom. The standard InChI is InChI=1S/C25H24FN3O2S/c26-21-4-2-1-3-20(21)23-9-7-19(32-23)16-28-11-13-29(14-12-28)25(31)18-5-8-22-17(15-18)6-10-24(30)27-22/h1-5,7-9,15H,6,10-14,16H2,(H,27,30). The van der Waals surface area contributed by atoms with E-state index in [-0.39, 0.29) is 17.6 Å². The molecule has 1 aromatic heterocycles. The Labute approximate surface area is 190 Å². The topological polar surface area (TPSA) is 52.7 Å². The van der Waals surface area contributed by atoms with Gasteiger partial charge in [0.05, 0.1) is 0 Å². The number of amides is 2. The van der Waals surface area contributed by atoms with Crippen LogP contribution < -0.4 is 5.32 Å². The smallest absolute Gasteiger partial charge is 0.253 e. The monoisotopic (exact) mass is 449 g/mol. The largest absolute Gasteiger partial charge is 0.336 e. The maximum atomic E-state index is 14.1. The number of hydrogen-bond acceptors (Lipinski definition) is 4. The van der Waals surface area contributed by atoms with Gasteiger partial charge in [-0.05, 0) is 48.4 Å². The fourth-order valence-electron chi connectivity index (χ4n) is 4.30. The molecule has 0 radical (unpaired) electrons. The lowest BCUT2D eigenvalue weighted by atomic mass is 10.00. The van der Waals surface area contributed by atoms with Crippen LogP contribution in [-0.2, 0) is 17.8 Å². The number of carbonyl (C=O) groups excluding carboxylic acids is 2. The maximum absolute atomic E-state index is 14.1. The molecule has 0 spiro atoms. The van der Waals surface area contributed by atoms with E-state index in [0.29, 0.717) is 37.1 Å². The summed E-state index contributed by atoms with van der Waals surface area (Å²) in [5, 5.41) is 2.86. The lowest BCUT2D eigenvalue weighted by Gasteiger charge is -2.34. The minimum absolute atomic E-state index is 0.0273. The first-order valence-corrected chi connectivity index (χ1v) is 11.7. The van der Waals surface area contributed by atoms with Crippen LogP contribution >= 0.6 is 11.3 Å². The van der Waals surface area contributed by atoms with Crippen molar-refractivity contribution in [3.8, 4) is 10.4 Å². The number of piperazine rings is 1. The van der Waals surface area contributed by atoms with Crippen molar-refractivity contribution in [1.29, 1.82) is 0 Å². The van der Waals surface area contributed by atoms with Gasteiger partial charge in [-0.3, -0.25) is 14.5 Å². The highest BCUT2D eigenvalue weighted by Gasteiger charge is 2.24. The molecule has 2 aromatic carbocycles. The van der Waals surface area contributed by atoms with Crippen molar-refractivity contribution >= 4 is 28.8 Å². The van der Waals surface area contributed by atoms with E-state index in [0.717, 1.165) is 35.8 Å². The van der Waals surface area contributed by atoms with Crippen molar-refractivity contribution in [2.24, 2.45) is 0 Å². The van der Waals surface area contributed by atoms with Gasteiger partial charge in [0.15, 0.2) is 0 Å². The Morgan fingerprint density at radius 3 is 2.62 bits per heavy atom. The summed E-state index contributed by atoms with van der Waals surface area (Å²) in [6.07, 6.45) is 1.14. The first kappa shape index (κ1) is 20.8. The third kappa shape index (κ3) is 4.31. The summed E-state index contributed by atoms with van der Waals surface area (Å²) in [6, 6.07) is 16.5. The molecule has 0 saturated carbocycles. The fraction of sp³-hybridized carbons (Fsp3) is 0.280. The number of hydrogen-bond donors (Lipinski definition) is 1. The van der Waals surface area contributed by atoms with E-state index >= 15 is 0 Å². The van der Waals surface area contributed by atoms with Crippen LogP contribution in [0.1, 0.15) is 27.2 Å². The van der Waals surface area contributed by atoms with Gasteiger partial charge >= 0.3 is 0 Å². The minimum Gasteiger partial charge on any atom is -0.336 e. The first-order valence-electron chi connectivity index (χ1n) is 10.8. The van der Waals surface area contributed by atoms with Crippen LogP contribution in [0.3, 0.4) is 0 Å². The molecule has 1 fully saturated rings. The number of benzene rings is 2. The average molecular weight is 450 g/mol. The summed E-state index contributed by atoms with van der Waals surface area (Å²) < 4.78 is 14.1. The average Bonchev–Trinajstić information content (AvgIpc) is 3.27. The number of aryl methyl sites for hydroxylation is 1. The molecule has 1 N–H and O–H groups in total. The van der Waals surface area contributed by atoms with Crippen LogP contribution in [0.2, 0.25) is 0 Å². The molecule has 1 saturated heterocycles. The second-order valence-electron chi connectivity index (χ2n) is 8.23. The maximum Gasteiger partial charge on any atom is 0.253 e. The van der Waals surface area contributed by atoms with E-state index in [1.165, 1.54) is 10.9 Å². The molecule has 2 aliphatic rings. The number of anilines is 1. The molecule has 3 heterocycles. The number of thiophene rings is 1. The number of nitrogens with zero attached hydrogens (tertiary/aromatic N) is 2. The molecular weight excluding hydrogens is 425 g/mol. The second kappa shape index (κ2) is 8.84. The van der Waals surface area contributed by atoms with Gasteiger partial charge in [0.25, 0.3) is 5.91 Å². The summed E-state index contributed by atoms with van der Waals surface area (Å²) >= 11 is 1.62. The normalized spacial score (nSPS) is 16.5. The summed E-state index contributed by atoms with van der Waals surface area (Å²) in [5.41, 5.74) is 3.16. The number of halogens is 1. The predicted octanol–water partition coefficient (Wildman–Crippen LogP) is 4.40. The van der Waals surface area contributed by atoms with E-state index in [9.17, 15) is 14.0 Å². The van der Waals surface area contributed by atoms with Gasteiger partial charge < -0.3 is 10.2 Å². The van der Waals surface area contributed by atoms with Crippen molar-refractivity contribution in [2.75, 3.05) is 31.5 Å². The SMILES string of the molecule is O=C1CCc2cc(C(=O)N3CCN(Cc4ccc(-c5ccccc5F)s4)CC3)ccc2N1. The third-order valence-corrected chi connectivity index (χ3v) is 7.19. The molecule has 7 heteroatoms. The van der Waals surface area contributed by atoms with Crippen LogP contribution in [0.25, 0.3) is 10.4 Å². The number of rotatable bonds is 4. The van der Waals surface area contributed by atoms with Crippen molar-refractivity contribution < 1.29 is 14.0 Å². The molecular formula is C25H24FN3O2S. The van der Waals surface area contributed by atoms with Crippen LogP contribution in [-0.4, -0.2) is 47.8 Å². The predicted molar refractivity (Wildman–Crippen MR) is 124 cm³/mol. The second-order valence-corrected chi connectivity index (χ2v) is 9.40. The third-order valence-electron chi connectivity index (χ3n) is 6.09. The Bertz CT molecular complexity index is 1170. The quantitative estimate of drug-likeness (QED) is 0.643. The molecule has 5 nitrogen and oxygen atoms in total. The number of fused-ring (bicyclic) bond motifs is 1. The van der Waals surface area contributed by atoms with Gasteiger partial charge in [0.1, 0.15) is 5.82 Å². The summed E-state index contributed by atoms with van der Waals surface area (Å²) in [4.78, 5) is 30.9. The van der Waals surface area contributed by atoms with Gasteiger partial charge in [-0.1, -0.05) is 18.2 Å². The van der Waals surface area contributed by atoms with Gasteiger partial charge in [-0.2, -0.15) is 0 Å². The fourth-order valence-corrected chi connectivity index (χ4v) is 5.37. The molecule has 164 valence electrons. The van der Waals surface area contributed by atoms with Crippen LogP contribution in [0.15, 0.2) is 54.6 Å². The lowest BCUT2D eigenvalue weighted by molar-refractivity contribution is -0.116. The highest BCUT2D eigenvalue weighted by molar-refractivity contribution is 7.15. The zero-order chi connectivity index (χ0) is 22.1. The van der Waals surface area contributed by atoms with Gasteiger partial charge in [-0.15, -0.1) is 11.3 Å². The zero-order valence-electron chi connectivity index (χ0n) is 17.6. The van der Waals surface area contributed by atoms with Crippen molar-refractivity contribution in [1.82, 2.24) is 9.80 Å². The summed E-state index contributed by atoms with van der Waals surface area (Å²) in [6.45, 7) is 3.77. The van der Waals surface area contributed by atoms with E-state index in [2.05, 4.69) is 16.3 Å². The Hall–Kier alpha value is -3.03. The Kier molecular flexibility index (Phi) is 5.76. The zero-order valence-corrected chi connectivity index (χ0v) is 18.5. The molecule has 0 unspecified atom stereocenters. The highest BCUT2D eigenvalue weighted by atomic mass is 32.1. The minimum atomic E-state index is -0.197. The van der Waals surface area contributed by atoms with Crippen molar-refractivity contribution in [2.45, 2.75) is 19.4 Å². The van der Waals surface area contributed by atoms with Gasteiger partial charge in [0.2, 0.25) is 5.91 Å². The van der Waals surface area contributed by atoms with Crippen LogP contribution in [0.4, 0.5) is 10.1 Å². The van der Waals surface area contributed by atoms with E-state index in [4.69, 9.17) is 0 Å². The van der Waals surface area contributed by atoms with Gasteiger partial charge in [0, 0.05) is 65.7 Å². The van der Waals surface area contributed by atoms with Gasteiger partial charge in [-0.25, -0.2) is 4.39 Å². The molecule has 3 aromatic rings. The van der Waals surface area contributed by atoms with Crippen LogP contribution in [0, 0.1) is 5.82 Å². The number of carbonyl (C=O) groups is 2. The van der Waals surface area contributed by atoms with Crippen LogP contribution in [0.5, 0.6) is 0 Å². The highest BCUT2D eigenvalue weighted by Crippen LogP contribution is 2.31. The molecule has 0 bridgehead atoms. The molecule has 0 aliphatic carbocycles. The molecule has 5 rings (SSSR count). The molecule has 32 heavy (non-hydrogen) atoms. The van der Waals surface area contributed by atoms with Crippen molar-refractivity contribution in [3.05, 3.63) is 76.4 Å². The van der Waals surface area contributed by atoms with Crippen molar-refractivity contribution in [3.63, 3.8) is 0 Å². The molecule has 0 atom stereocenters. The number of nitrogens with one attached hydrogen (secondary N) is 1. The molecule has 2 amide bonds. The van der Waals surface area contributed by atoms with E-state index in [1.807, 2.05) is 35.2 Å².